The number of ether oxygens (including phenoxy) is 1. The van der Waals surface area contributed by atoms with Crippen molar-refractivity contribution in [2.24, 2.45) is 0 Å². The third kappa shape index (κ3) is 5.56. The summed E-state index contributed by atoms with van der Waals surface area (Å²) in [5.74, 6) is -1.23. The largest absolute Gasteiger partial charge is 0.484 e. The molecule has 0 radical (unpaired) electrons. The molecule has 0 aromatic heterocycles. The van der Waals surface area contributed by atoms with Crippen LogP contribution in [0.1, 0.15) is 17.3 Å². The Bertz CT molecular complexity index is 560. The fourth-order valence-corrected chi connectivity index (χ4v) is 1.45. The van der Waals surface area contributed by atoms with Crippen molar-refractivity contribution < 1.29 is 32.7 Å². The first-order chi connectivity index (χ1) is 10.1. The lowest BCUT2D eigenvalue weighted by Crippen LogP contribution is -2.31. The third-order valence-corrected chi connectivity index (χ3v) is 2.37. The van der Waals surface area contributed by atoms with Gasteiger partial charge in [0.15, 0.2) is 6.61 Å². The molecule has 122 valence electrons. The Kier molecular flexibility index (Phi) is 5.69. The Labute approximate surface area is 122 Å². The molecule has 1 unspecified atom stereocenters. The third-order valence-electron chi connectivity index (χ3n) is 2.37. The summed E-state index contributed by atoms with van der Waals surface area (Å²) in [6.07, 6.45) is -5.45. The van der Waals surface area contributed by atoms with Crippen LogP contribution in [0.15, 0.2) is 18.2 Å². The van der Waals surface area contributed by atoms with Crippen molar-refractivity contribution >= 4 is 11.6 Å². The minimum Gasteiger partial charge on any atom is -0.484 e. The Balaban J connectivity index is 2.99. The maximum Gasteiger partial charge on any atom is 0.422 e. The predicted molar refractivity (Wildman–Crippen MR) is 68.7 cm³/mol. The Hall–Kier alpha value is -2.36. The topological polar surface area (TPSA) is 102 Å². The number of nitrogens with zero attached hydrogens (tertiary/aromatic N) is 1. The molecular formula is C12H13F3N2O5. The molecule has 0 bridgehead atoms. The van der Waals surface area contributed by atoms with Gasteiger partial charge in [-0.1, -0.05) is 0 Å². The quantitative estimate of drug-likeness (QED) is 0.612. The van der Waals surface area contributed by atoms with Crippen molar-refractivity contribution in [1.29, 1.82) is 0 Å². The number of carbonyl (C=O) groups is 1. The van der Waals surface area contributed by atoms with Gasteiger partial charge in [-0.15, -0.1) is 0 Å². The second-order valence-corrected chi connectivity index (χ2v) is 4.40. The number of aliphatic hydroxyl groups excluding tert-OH is 1. The number of halogens is 3. The molecule has 2 N–H and O–H groups in total. The molecular weight excluding hydrogens is 309 g/mol. The number of benzene rings is 1. The number of hydrogen-bond acceptors (Lipinski definition) is 5. The summed E-state index contributed by atoms with van der Waals surface area (Å²) < 4.78 is 40.7. The fourth-order valence-electron chi connectivity index (χ4n) is 1.45. The van der Waals surface area contributed by atoms with Gasteiger partial charge in [0.05, 0.1) is 11.0 Å². The van der Waals surface area contributed by atoms with Gasteiger partial charge in [-0.2, -0.15) is 13.2 Å². The van der Waals surface area contributed by atoms with Gasteiger partial charge in [0.2, 0.25) is 0 Å². The Morgan fingerprint density at radius 3 is 2.64 bits per heavy atom. The zero-order chi connectivity index (χ0) is 16.9. The zero-order valence-electron chi connectivity index (χ0n) is 11.4. The molecule has 0 spiro atoms. The molecule has 0 saturated heterocycles. The van der Waals surface area contributed by atoms with Crippen LogP contribution in [0.25, 0.3) is 0 Å². The molecule has 0 fully saturated rings. The molecule has 1 amide bonds. The minimum absolute atomic E-state index is 0.163. The van der Waals surface area contributed by atoms with Crippen LogP contribution in [-0.4, -0.2) is 41.4 Å². The van der Waals surface area contributed by atoms with Gasteiger partial charge in [-0.3, -0.25) is 14.9 Å². The van der Waals surface area contributed by atoms with Gasteiger partial charge in [0.1, 0.15) is 11.3 Å². The molecule has 0 aliphatic rings. The van der Waals surface area contributed by atoms with E-state index in [1.807, 2.05) is 0 Å². The molecule has 7 nitrogen and oxygen atoms in total. The number of rotatable bonds is 6. The van der Waals surface area contributed by atoms with Gasteiger partial charge in [-0.05, 0) is 19.1 Å². The summed E-state index contributed by atoms with van der Waals surface area (Å²) in [5, 5.41) is 22.1. The van der Waals surface area contributed by atoms with E-state index >= 15 is 0 Å². The number of aliphatic hydroxyl groups is 1. The summed E-state index contributed by atoms with van der Waals surface area (Å²) in [7, 11) is 0. The van der Waals surface area contributed by atoms with Crippen molar-refractivity contribution in [3.8, 4) is 5.75 Å². The molecule has 10 heteroatoms. The van der Waals surface area contributed by atoms with Crippen LogP contribution in [0.3, 0.4) is 0 Å². The maximum atomic E-state index is 12.1. The number of alkyl halides is 3. The van der Waals surface area contributed by atoms with Crippen LogP contribution in [0.5, 0.6) is 5.75 Å². The van der Waals surface area contributed by atoms with Gasteiger partial charge >= 0.3 is 6.18 Å². The van der Waals surface area contributed by atoms with E-state index in [0.29, 0.717) is 0 Å². The number of hydrogen-bond donors (Lipinski definition) is 2. The molecule has 0 aliphatic heterocycles. The van der Waals surface area contributed by atoms with E-state index in [-0.39, 0.29) is 12.3 Å². The standard InChI is InChI=1S/C12H13F3N2O5/c1-7(18)5-16-11(19)9-4-8(22-6-12(13,14)15)2-3-10(9)17(20)21/h2-4,7,18H,5-6H2,1H3,(H,16,19). The van der Waals surface area contributed by atoms with Gasteiger partial charge in [0, 0.05) is 12.6 Å². The SMILES string of the molecule is CC(O)CNC(=O)c1cc(OCC(F)(F)F)ccc1[N+](=O)[O-]. The summed E-state index contributed by atoms with van der Waals surface area (Å²) in [6.45, 7) is -0.360. The molecule has 1 aromatic carbocycles. The number of nitro benzene ring substituents is 1. The monoisotopic (exact) mass is 322 g/mol. The molecule has 22 heavy (non-hydrogen) atoms. The number of nitrogens with one attached hydrogen (secondary N) is 1. The Morgan fingerprint density at radius 1 is 1.50 bits per heavy atom. The molecule has 1 aromatic rings. The number of carbonyl (C=O) groups excluding carboxylic acids is 1. The van der Waals surface area contributed by atoms with Crippen molar-refractivity contribution in [2.45, 2.75) is 19.2 Å². The van der Waals surface area contributed by atoms with Crippen molar-refractivity contribution in [3.05, 3.63) is 33.9 Å². The van der Waals surface area contributed by atoms with E-state index in [1.54, 1.807) is 0 Å². The molecule has 0 aliphatic carbocycles. The molecule has 1 atom stereocenters. The van der Waals surface area contributed by atoms with Crippen LogP contribution in [-0.2, 0) is 0 Å². The highest BCUT2D eigenvalue weighted by atomic mass is 19.4. The lowest BCUT2D eigenvalue weighted by atomic mass is 10.1. The van der Waals surface area contributed by atoms with Crippen molar-refractivity contribution in [2.75, 3.05) is 13.2 Å². The second-order valence-electron chi connectivity index (χ2n) is 4.40. The predicted octanol–water partition coefficient (Wildman–Crippen LogP) is 1.65. The van der Waals surface area contributed by atoms with Crippen LogP contribution < -0.4 is 10.1 Å². The Morgan fingerprint density at radius 2 is 2.14 bits per heavy atom. The van der Waals surface area contributed by atoms with Crippen LogP contribution in [0.2, 0.25) is 0 Å². The van der Waals surface area contributed by atoms with Crippen LogP contribution in [0, 0.1) is 10.1 Å². The lowest BCUT2D eigenvalue weighted by molar-refractivity contribution is -0.385. The average Bonchev–Trinajstić information content (AvgIpc) is 2.41. The van der Waals surface area contributed by atoms with Crippen molar-refractivity contribution in [3.63, 3.8) is 0 Å². The highest BCUT2D eigenvalue weighted by Gasteiger charge is 2.29. The summed E-state index contributed by atoms with van der Waals surface area (Å²) in [4.78, 5) is 21.8. The van der Waals surface area contributed by atoms with E-state index in [2.05, 4.69) is 10.1 Å². The van der Waals surface area contributed by atoms with Crippen LogP contribution in [0.4, 0.5) is 18.9 Å². The zero-order valence-corrected chi connectivity index (χ0v) is 11.4. The maximum absolute atomic E-state index is 12.1. The highest BCUT2D eigenvalue weighted by Crippen LogP contribution is 2.25. The second kappa shape index (κ2) is 7.07. The summed E-state index contributed by atoms with van der Waals surface area (Å²) in [5.41, 5.74) is -1.03. The van der Waals surface area contributed by atoms with Gasteiger partial charge in [0.25, 0.3) is 11.6 Å². The van der Waals surface area contributed by atoms with Crippen molar-refractivity contribution in [1.82, 2.24) is 5.32 Å². The number of amides is 1. The van der Waals surface area contributed by atoms with E-state index < -0.39 is 41.0 Å². The van der Waals surface area contributed by atoms with E-state index in [0.717, 1.165) is 18.2 Å². The van der Waals surface area contributed by atoms with E-state index in [9.17, 15) is 28.1 Å². The molecule has 0 saturated carbocycles. The summed E-state index contributed by atoms with van der Waals surface area (Å²) >= 11 is 0. The van der Waals surface area contributed by atoms with E-state index in [4.69, 9.17) is 5.11 Å². The first kappa shape index (κ1) is 17.7. The molecule has 0 heterocycles. The normalized spacial score (nSPS) is 12.6. The molecule has 1 rings (SSSR count). The fraction of sp³-hybridized carbons (Fsp3) is 0.417. The van der Waals surface area contributed by atoms with E-state index in [1.165, 1.54) is 6.92 Å². The average molecular weight is 322 g/mol. The smallest absolute Gasteiger partial charge is 0.422 e. The lowest BCUT2D eigenvalue weighted by Gasteiger charge is -2.11. The van der Waals surface area contributed by atoms with Gasteiger partial charge < -0.3 is 15.2 Å². The first-order valence-corrected chi connectivity index (χ1v) is 6.04. The number of nitro groups is 1. The van der Waals surface area contributed by atoms with Crippen LogP contribution >= 0.6 is 0 Å². The minimum atomic E-state index is -4.57. The van der Waals surface area contributed by atoms with Gasteiger partial charge in [-0.25, -0.2) is 0 Å². The first-order valence-electron chi connectivity index (χ1n) is 6.04. The highest BCUT2D eigenvalue weighted by molar-refractivity contribution is 5.98. The summed E-state index contributed by atoms with van der Waals surface area (Å²) in [6, 6.07) is 2.69.